The van der Waals surface area contributed by atoms with Crippen molar-refractivity contribution in [1.82, 2.24) is 10.2 Å². The molecule has 1 aliphatic heterocycles. The summed E-state index contributed by atoms with van der Waals surface area (Å²) in [6.07, 6.45) is 2.63. The largest absolute Gasteiger partial charge is 0.457 e. The summed E-state index contributed by atoms with van der Waals surface area (Å²) >= 11 is 0. The van der Waals surface area contributed by atoms with Crippen LogP contribution in [0.1, 0.15) is 47.8 Å². The van der Waals surface area contributed by atoms with Crippen LogP contribution in [0.2, 0.25) is 0 Å². The quantitative estimate of drug-likeness (QED) is 0.768. The van der Waals surface area contributed by atoms with Gasteiger partial charge in [-0.05, 0) is 12.8 Å². The maximum absolute atomic E-state index is 12.2. The lowest BCUT2D eigenvalue weighted by Crippen LogP contribution is -2.27. The highest BCUT2D eigenvalue weighted by Gasteiger charge is 2.37. The molecular weight excluding hydrogens is 298 g/mol. The fourth-order valence-corrected chi connectivity index (χ4v) is 3.34. The lowest BCUT2D eigenvalue weighted by Gasteiger charge is -2.21. The molecule has 0 atom stereocenters. The van der Waals surface area contributed by atoms with E-state index in [-0.39, 0.29) is 22.6 Å². The first-order valence-electron chi connectivity index (χ1n) is 6.86. The number of hydrogen-bond acceptors (Lipinski definition) is 6. The zero-order valence-electron chi connectivity index (χ0n) is 11.4. The Morgan fingerprint density at radius 2 is 1.95 bits per heavy atom. The van der Waals surface area contributed by atoms with Gasteiger partial charge < -0.3 is 9.47 Å². The third-order valence-electron chi connectivity index (χ3n) is 3.65. The number of nitrogens with two attached hydrogens (primary N) is 1. The molecule has 1 aliphatic carbocycles. The average Bonchev–Trinajstić information content (AvgIpc) is 3.16. The van der Waals surface area contributed by atoms with Crippen molar-refractivity contribution < 1.29 is 22.7 Å². The molecule has 0 aromatic carbocycles. The number of aromatic nitrogens is 2. The first-order valence-corrected chi connectivity index (χ1v) is 8.41. The minimum Gasteiger partial charge on any atom is -0.457 e. The number of rotatable bonds is 4. The van der Waals surface area contributed by atoms with E-state index in [1.807, 2.05) is 0 Å². The predicted octanol–water partition coefficient (Wildman–Crippen LogP) is 0.270. The third-order valence-corrected chi connectivity index (χ3v) is 4.64. The molecule has 21 heavy (non-hydrogen) atoms. The molecule has 0 unspecified atom stereocenters. The molecule has 0 bridgehead atoms. The van der Waals surface area contributed by atoms with Crippen LogP contribution in [0.3, 0.4) is 0 Å². The van der Waals surface area contributed by atoms with E-state index >= 15 is 0 Å². The summed E-state index contributed by atoms with van der Waals surface area (Å²) in [5.41, 5.74) is 0.169. The molecule has 9 heteroatoms. The Labute approximate surface area is 122 Å². The molecule has 2 fully saturated rings. The molecule has 0 amide bonds. The maximum Gasteiger partial charge on any atom is 0.360 e. The van der Waals surface area contributed by atoms with Crippen LogP contribution in [-0.2, 0) is 19.5 Å². The van der Waals surface area contributed by atoms with Gasteiger partial charge in [0.05, 0.1) is 18.9 Å². The Morgan fingerprint density at radius 1 is 1.29 bits per heavy atom. The average molecular weight is 315 g/mol. The molecule has 8 nitrogen and oxygen atoms in total. The molecular formula is C12H17N3O5S. The number of nitrogens with zero attached hydrogens (tertiary/aromatic N) is 1. The summed E-state index contributed by atoms with van der Waals surface area (Å²) in [5, 5.41) is 11.7. The monoisotopic (exact) mass is 315 g/mol. The van der Waals surface area contributed by atoms with Crippen molar-refractivity contribution in [3.05, 3.63) is 11.4 Å². The van der Waals surface area contributed by atoms with E-state index in [0.29, 0.717) is 31.7 Å². The van der Waals surface area contributed by atoms with E-state index < -0.39 is 16.0 Å². The summed E-state index contributed by atoms with van der Waals surface area (Å²) in [4.78, 5) is 12.0. The summed E-state index contributed by atoms with van der Waals surface area (Å²) in [7, 11) is -4.03. The molecule has 1 saturated heterocycles. The standard InChI is InChI=1S/C12H17N3O5S/c13-21(17,18)11-9(7-1-2-7)14-15-10(11)12(16)20-8-3-5-19-6-4-8/h7-8H,1-6H2,(H,14,15)(H2,13,17,18). The Bertz CT molecular complexity index is 644. The van der Waals surface area contributed by atoms with E-state index in [9.17, 15) is 13.2 Å². The van der Waals surface area contributed by atoms with Crippen molar-refractivity contribution in [2.24, 2.45) is 5.14 Å². The number of H-pyrrole nitrogens is 1. The SMILES string of the molecule is NS(=O)(=O)c1c(C(=O)OC2CCOCC2)n[nH]c1C1CC1. The van der Waals surface area contributed by atoms with Gasteiger partial charge in [0.15, 0.2) is 5.69 Å². The highest BCUT2D eigenvalue weighted by molar-refractivity contribution is 7.89. The summed E-state index contributed by atoms with van der Waals surface area (Å²) in [6.45, 7) is 1.04. The molecule has 0 spiro atoms. The minimum atomic E-state index is -4.03. The van der Waals surface area contributed by atoms with Gasteiger partial charge in [0.25, 0.3) is 0 Å². The van der Waals surface area contributed by atoms with Gasteiger partial charge in [-0.2, -0.15) is 5.10 Å². The van der Waals surface area contributed by atoms with Crippen LogP contribution in [0.4, 0.5) is 0 Å². The van der Waals surface area contributed by atoms with Gasteiger partial charge >= 0.3 is 5.97 Å². The minimum absolute atomic E-state index is 0.0791. The Balaban J connectivity index is 1.85. The second kappa shape index (κ2) is 5.39. The van der Waals surface area contributed by atoms with Crippen molar-refractivity contribution in [3.8, 4) is 0 Å². The Kier molecular flexibility index (Phi) is 3.72. The highest BCUT2D eigenvalue weighted by Crippen LogP contribution is 2.42. The van der Waals surface area contributed by atoms with E-state index in [4.69, 9.17) is 14.6 Å². The second-order valence-electron chi connectivity index (χ2n) is 5.35. The van der Waals surface area contributed by atoms with Crippen molar-refractivity contribution in [2.75, 3.05) is 13.2 Å². The fraction of sp³-hybridized carbons (Fsp3) is 0.667. The first kappa shape index (κ1) is 14.5. The zero-order valence-corrected chi connectivity index (χ0v) is 12.2. The van der Waals surface area contributed by atoms with Gasteiger partial charge in [-0.1, -0.05) is 0 Å². The molecule has 2 aliphatic rings. The Morgan fingerprint density at radius 3 is 2.52 bits per heavy atom. The molecule has 116 valence electrons. The van der Waals surface area contributed by atoms with Crippen LogP contribution < -0.4 is 5.14 Å². The van der Waals surface area contributed by atoms with Gasteiger partial charge in [-0.3, -0.25) is 5.10 Å². The van der Waals surface area contributed by atoms with Crippen LogP contribution in [0.5, 0.6) is 0 Å². The summed E-state index contributed by atoms with van der Waals surface area (Å²) in [6, 6.07) is 0. The fourth-order valence-electron chi connectivity index (χ4n) is 2.42. The van der Waals surface area contributed by atoms with Gasteiger partial charge in [-0.15, -0.1) is 0 Å². The lowest BCUT2D eigenvalue weighted by molar-refractivity contribution is -0.0166. The van der Waals surface area contributed by atoms with Crippen LogP contribution in [-0.4, -0.2) is 43.9 Å². The van der Waals surface area contributed by atoms with Crippen molar-refractivity contribution in [1.29, 1.82) is 0 Å². The third kappa shape index (κ3) is 3.09. The molecule has 3 rings (SSSR count). The van der Waals surface area contributed by atoms with Gasteiger partial charge in [0.1, 0.15) is 11.0 Å². The summed E-state index contributed by atoms with van der Waals surface area (Å²) < 4.78 is 34.0. The number of primary sulfonamides is 1. The molecule has 1 aromatic rings. The number of carbonyl (C=O) groups is 1. The van der Waals surface area contributed by atoms with E-state index in [2.05, 4.69) is 10.2 Å². The lowest BCUT2D eigenvalue weighted by atomic mass is 10.1. The number of hydrogen-bond donors (Lipinski definition) is 2. The topological polar surface area (TPSA) is 124 Å². The maximum atomic E-state index is 12.2. The van der Waals surface area contributed by atoms with Crippen LogP contribution in [0.15, 0.2) is 4.90 Å². The number of sulfonamides is 1. The molecule has 2 heterocycles. The normalized spacial score (nSPS) is 20.4. The number of esters is 1. The molecule has 3 N–H and O–H groups in total. The van der Waals surface area contributed by atoms with Crippen molar-refractivity contribution in [2.45, 2.75) is 42.6 Å². The number of aromatic amines is 1. The second-order valence-corrected chi connectivity index (χ2v) is 6.85. The van der Waals surface area contributed by atoms with Gasteiger partial charge in [-0.25, -0.2) is 18.4 Å². The van der Waals surface area contributed by atoms with Crippen LogP contribution >= 0.6 is 0 Å². The van der Waals surface area contributed by atoms with Crippen molar-refractivity contribution in [3.63, 3.8) is 0 Å². The van der Waals surface area contributed by atoms with Crippen LogP contribution in [0.25, 0.3) is 0 Å². The van der Waals surface area contributed by atoms with Crippen molar-refractivity contribution >= 4 is 16.0 Å². The Hall–Kier alpha value is -1.45. The van der Waals surface area contributed by atoms with E-state index in [1.165, 1.54) is 0 Å². The molecule has 1 saturated carbocycles. The van der Waals surface area contributed by atoms with Gasteiger partial charge in [0, 0.05) is 18.8 Å². The molecule has 0 radical (unpaired) electrons. The molecule has 1 aromatic heterocycles. The van der Waals surface area contributed by atoms with E-state index in [1.54, 1.807) is 0 Å². The highest BCUT2D eigenvalue weighted by atomic mass is 32.2. The van der Waals surface area contributed by atoms with Gasteiger partial charge in [0.2, 0.25) is 10.0 Å². The predicted molar refractivity (Wildman–Crippen MR) is 71.2 cm³/mol. The zero-order chi connectivity index (χ0) is 15.0. The van der Waals surface area contributed by atoms with Crippen LogP contribution in [0, 0.1) is 0 Å². The summed E-state index contributed by atoms with van der Waals surface area (Å²) in [5.74, 6) is -0.676. The van der Waals surface area contributed by atoms with E-state index in [0.717, 1.165) is 12.8 Å². The number of carbonyl (C=O) groups excluding carboxylic acids is 1. The smallest absolute Gasteiger partial charge is 0.360 e. The number of ether oxygens (including phenoxy) is 2. The number of nitrogens with one attached hydrogen (secondary N) is 1. The first-order chi connectivity index (χ1) is 9.97.